The third-order valence-electron chi connectivity index (χ3n) is 3.99. The van der Waals surface area contributed by atoms with Crippen molar-refractivity contribution in [3.8, 4) is 0 Å². The number of hydrogen-bond acceptors (Lipinski definition) is 2. The highest BCUT2D eigenvalue weighted by atomic mass is 16.4. The summed E-state index contributed by atoms with van der Waals surface area (Å²) in [5.74, 6) is -0.917. The van der Waals surface area contributed by atoms with Crippen LogP contribution in [0.4, 0.5) is 5.69 Å². The van der Waals surface area contributed by atoms with Gasteiger partial charge >= 0.3 is 5.97 Å². The Morgan fingerprint density at radius 1 is 0.833 bits per heavy atom. The highest BCUT2D eigenvalue weighted by Crippen LogP contribution is 2.27. The normalized spacial score (nSPS) is 11.7. The summed E-state index contributed by atoms with van der Waals surface area (Å²) in [5, 5.41) is 12.5. The lowest BCUT2D eigenvalue weighted by Crippen LogP contribution is -2.12. The molecule has 3 aromatic rings. The summed E-state index contributed by atoms with van der Waals surface area (Å²) in [5.41, 5.74) is 4.70. The zero-order valence-corrected chi connectivity index (χ0v) is 13.4. The van der Waals surface area contributed by atoms with E-state index < -0.39 is 5.97 Å². The lowest BCUT2D eigenvalue weighted by molar-refractivity contribution is 0.0697. The number of carboxylic acid groups (broad SMARTS) is 1. The lowest BCUT2D eigenvalue weighted by Gasteiger charge is -2.21. The molecule has 0 spiro atoms. The molecule has 0 amide bonds. The molecule has 0 bridgehead atoms. The van der Waals surface area contributed by atoms with E-state index in [9.17, 15) is 4.79 Å². The summed E-state index contributed by atoms with van der Waals surface area (Å²) in [7, 11) is 0. The Kier molecular flexibility index (Phi) is 4.62. The maximum absolute atomic E-state index is 11.0. The second-order valence-corrected chi connectivity index (χ2v) is 5.78. The Morgan fingerprint density at radius 3 is 2.00 bits per heavy atom. The Labute approximate surface area is 141 Å². The number of aryl methyl sites for hydroxylation is 1. The van der Waals surface area contributed by atoms with Crippen LogP contribution in [0.3, 0.4) is 0 Å². The SMILES string of the molecule is Cc1ccc(C(Nc2ccc(C(=O)O)cc2)c2ccccc2)cc1. The molecule has 3 rings (SSSR count). The maximum atomic E-state index is 11.0. The van der Waals surface area contributed by atoms with E-state index in [2.05, 4.69) is 48.6 Å². The second kappa shape index (κ2) is 7.01. The Hall–Kier alpha value is -3.07. The predicted molar refractivity (Wildman–Crippen MR) is 96.5 cm³/mol. The van der Waals surface area contributed by atoms with Gasteiger partial charge in [0, 0.05) is 5.69 Å². The van der Waals surface area contributed by atoms with Gasteiger partial charge in [0.05, 0.1) is 11.6 Å². The van der Waals surface area contributed by atoms with Crippen molar-refractivity contribution in [3.63, 3.8) is 0 Å². The van der Waals surface area contributed by atoms with Crippen molar-refractivity contribution < 1.29 is 9.90 Å². The van der Waals surface area contributed by atoms with Crippen LogP contribution in [-0.4, -0.2) is 11.1 Å². The van der Waals surface area contributed by atoms with E-state index in [0.29, 0.717) is 0 Å². The van der Waals surface area contributed by atoms with Crippen molar-refractivity contribution in [2.75, 3.05) is 5.32 Å². The first-order chi connectivity index (χ1) is 11.6. The predicted octanol–water partition coefficient (Wildman–Crippen LogP) is 4.89. The van der Waals surface area contributed by atoms with Gasteiger partial charge in [0.15, 0.2) is 0 Å². The minimum absolute atomic E-state index is 0.00229. The van der Waals surface area contributed by atoms with E-state index >= 15 is 0 Å². The van der Waals surface area contributed by atoms with Crippen LogP contribution in [0, 0.1) is 6.92 Å². The number of anilines is 1. The summed E-state index contributed by atoms with van der Waals surface area (Å²) in [6, 6.07) is 25.5. The molecule has 1 unspecified atom stereocenters. The smallest absolute Gasteiger partial charge is 0.335 e. The molecule has 0 radical (unpaired) electrons. The molecule has 2 N–H and O–H groups in total. The molecule has 0 aromatic heterocycles. The minimum atomic E-state index is -0.917. The van der Waals surface area contributed by atoms with Crippen LogP contribution in [0.5, 0.6) is 0 Å². The van der Waals surface area contributed by atoms with E-state index in [-0.39, 0.29) is 11.6 Å². The fourth-order valence-electron chi connectivity index (χ4n) is 2.64. The van der Waals surface area contributed by atoms with Gasteiger partial charge in [-0.15, -0.1) is 0 Å². The molecule has 0 saturated heterocycles. The van der Waals surface area contributed by atoms with Crippen LogP contribution in [0.2, 0.25) is 0 Å². The van der Waals surface area contributed by atoms with Crippen LogP contribution in [0.1, 0.15) is 33.1 Å². The number of nitrogens with one attached hydrogen (secondary N) is 1. The van der Waals surface area contributed by atoms with E-state index in [4.69, 9.17) is 5.11 Å². The van der Waals surface area contributed by atoms with Gasteiger partial charge in [-0.2, -0.15) is 0 Å². The molecular weight excluding hydrogens is 298 g/mol. The quantitative estimate of drug-likeness (QED) is 0.704. The second-order valence-electron chi connectivity index (χ2n) is 5.78. The summed E-state index contributed by atoms with van der Waals surface area (Å²) in [4.78, 5) is 11.0. The fraction of sp³-hybridized carbons (Fsp3) is 0.0952. The van der Waals surface area contributed by atoms with E-state index in [1.54, 1.807) is 24.3 Å². The molecular formula is C21H19NO2. The molecule has 3 heteroatoms. The average Bonchev–Trinajstić information content (AvgIpc) is 2.62. The number of rotatable bonds is 5. The summed E-state index contributed by atoms with van der Waals surface area (Å²) in [6.45, 7) is 2.07. The number of carbonyl (C=O) groups is 1. The van der Waals surface area contributed by atoms with E-state index in [0.717, 1.165) is 16.8 Å². The zero-order chi connectivity index (χ0) is 16.9. The third kappa shape index (κ3) is 3.63. The molecule has 0 aliphatic rings. The number of aromatic carboxylic acids is 1. The highest BCUT2D eigenvalue weighted by Gasteiger charge is 2.14. The van der Waals surface area contributed by atoms with Crippen LogP contribution >= 0.6 is 0 Å². The minimum Gasteiger partial charge on any atom is -0.478 e. The van der Waals surface area contributed by atoms with Crippen molar-refractivity contribution in [1.29, 1.82) is 0 Å². The largest absolute Gasteiger partial charge is 0.478 e. The van der Waals surface area contributed by atoms with Gasteiger partial charge < -0.3 is 10.4 Å². The van der Waals surface area contributed by atoms with E-state index in [1.807, 2.05) is 18.2 Å². The molecule has 3 aromatic carbocycles. The Balaban J connectivity index is 1.93. The zero-order valence-electron chi connectivity index (χ0n) is 13.4. The van der Waals surface area contributed by atoms with Gasteiger partial charge in [0.2, 0.25) is 0 Å². The van der Waals surface area contributed by atoms with Crippen LogP contribution in [-0.2, 0) is 0 Å². The van der Waals surface area contributed by atoms with E-state index in [1.165, 1.54) is 5.56 Å². The maximum Gasteiger partial charge on any atom is 0.335 e. The van der Waals surface area contributed by atoms with Crippen molar-refractivity contribution in [2.24, 2.45) is 0 Å². The van der Waals surface area contributed by atoms with Crippen molar-refractivity contribution in [1.82, 2.24) is 0 Å². The number of benzene rings is 3. The van der Waals surface area contributed by atoms with Gasteiger partial charge in [-0.3, -0.25) is 0 Å². The first kappa shape index (κ1) is 15.8. The summed E-state index contributed by atoms with van der Waals surface area (Å²) >= 11 is 0. The topological polar surface area (TPSA) is 49.3 Å². The molecule has 1 atom stereocenters. The summed E-state index contributed by atoms with van der Waals surface area (Å²) < 4.78 is 0. The van der Waals surface area contributed by atoms with Crippen molar-refractivity contribution >= 4 is 11.7 Å². The molecule has 120 valence electrons. The van der Waals surface area contributed by atoms with Crippen LogP contribution in [0.15, 0.2) is 78.9 Å². The van der Waals surface area contributed by atoms with Gasteiger partial charge in [-0.25, -0.2) is 4.79 Å². The van der Waals surface area contributed by atoms with Crippen molar-refractivity contribution in [2.45, 2.75) is 13.0 Å². The number of hydrogen-bond donors (Lipinski definition) is 2. The van der Waals surface area contributed by atoms with Gasteiger partial charge in [-0.1, -0.05) is 60.2 Å². The third-order valence-corrected chi connectivity index (χ3v) is 3.99. The lowest BCUT2D eigenvalue weighted by atomic mass is 9.97. The first-order valence-electron chi connectivity index (χ1n) is 7.85. The van der Waals surface area contributed by atoms with Crippen LogP contribution in [0.25, 0.3) is 0 Å². The van der Waals surface area contributed by atoms with Gasteiger partial charge in [-0.05, 0) is 42.3 Å². The fourth-order valence-corrected chi connectivity index (χ4v) is 2.64. The molecule has 0 saturated carbocycles. The monoisotopic (exact) mass is 317 g/mol. The molecule has 0 fully saturated rings. The molecule has 0 heterocycles. The molecule has 0 aliphatic heterocycles. The standard InChI is InChI=1S/C21H19NO2/c1-15-7-9-17(10-8-15)20(16-5-3-2-4-6-16)22-19-13-11-18(12-14-19)21(23)24/h2-14,20,22H,1H3,(H,23,24). The average molecular weight is 317 g/mol. The Bertz CT molecular complexity index is 809. The number of carboxylic acids is 1. The van der Waals surface area contributed by atoms with Crippen LogP contribution < -0.4 is 5.32 Å². The highest BCUT2D eigenvalue weighted by molar-refractivity contribution is 5.88. The van der Waals surface area contributed by atoms with Gasteiger partial charge in [0.1, 0.15) is 0 Å². The molecule has 3 nitrogen and oxygen atoms in total. The molecule has 0 aliphatic carbocycles. The summed E-state index contributed by atoms with van der Waals surface area (Å²) in [6.07, 6.45) is 0. The molecule has 24 heavy (non-hydrogen) atoms. The Morgan fingerprint density at radius 2 is 1.42 bits per heavy atom. The van der Waals surface area contributed by atoms with Gasteiger partial charge in [0.25, 0.3) is 0 Å². The van der Waals surface area contributed by atoms with Crippen molar-refractivity contribution in [3.05, 3.63) is 101 Å². The first-order valence-corrected chi connectivity index (χ1v) is 7.85.